The van der Waals surface area contributed by atoms with Gasteiger partial charge in [-0.05, 0) is 48.7 Å². The average molecular weight is 567 g/mol. The van der Waals surface area contributed by atoms with E-state index in [1.807, 2.05) is 72.8 Å². The third-order valence-corrected chi connectivity index (χ3v) is 7.89. The molecule has 42 heavy (non-hydrogen) atoms. The number of imidazole rings is 1. The van der Waals surface area contributed by atoms with E-state index in [9.17, 15) is 14.7 Å². The fourth-order valence-corrected chi connectivity index (χ4v) is 5.76. The van der Waals surface area contributed by atoms with E-state index in [2.05, 4.69) is 9.88 Å². The number of nitrogens with zero attached hydrogens (tertiary/aromatic N) is 4. The summed E-state index contributed by atoms with van der Waals surface area (Å²) in [6, 6.07) is 22.1. The number of aromatic nitrogens is 2. The van der Waals surface area contributed by atoms with E-state index in [0.29, 0.717) is 55.6 Å². The number of hydrogen-bond donors (Lipinski definition) is 1. The number of aliphatic hydroxyl groups excluding tert-OH is 1. The van der Waals surface area contributed by atoms with E-state index in [1.165, 1.54) is 0 Å². The van der Waals surface area contributed by atoms with Crippen molar-refractivity contribution in [3.63, 3.8) is 0 Å². The number of aryl methyl sites for hydroxylation is 1. The molecule has 9 nitrogen and oxygen atoms in total. The number of fused-ring (bicyclic) bond motifs is 1. The van der Waals surface area contributed by atoms with Crippen LogP contribution in [0.2, 0.25) is 0 Å². The molecule has 1 amide bonds. The number of benzene rings is 2. The largest absolute Gasteiger partial charge is 0.505 e. The van der Waals surface area contributed by atoms with Gasteiger partial charge in [-0.25, -0.2) is 4.98 Å². The Balaban J connectivity index is 1.33. The molecule has 0 aliphatic carbocycles. The predicted octanol–water partition coefficient (Wildman–Crippen LogP) is 4.37. The van der Waals surface area contributed by atoms with Gasteiger partial charge in [0.05, 0.1) is 30.5 Å². The molecule has 0 spiro atoms. The lowest BCUT2D eigenvalue weighted by atomic mass is 9.96. The van der Waals surface area contributed by atoms with E-state index in [0.717, 1.165) is 30.8 Å². The van der Waals surface area contributed by atoms with Gasteiger partial charge in [0, 0.05) is 32.4 Å². The first kappa shape index (κ1) is 27.7. The topological polar surface area (TPSA) is 96.6 Å². The molecule has 1 N–H and O–H groups in total. The molecule has 4 aromatic rings. The second-order valence-electron chi connectivity index (χ2n) is 10.6. The van der Waals surface area contributed by atoms with Crippen LogP contribution in [0, 0.1) is 6.92 Å². The molecule has 6 rings (SSSR count). The van der Waals surface area contributed by atoms with Crippen molar-refractivity contribution in [1.29, 1.82) is 0 Å². The summed E-state index contributed by atoms with van der Waals surface area (Å²) in [5, 5.41) is 11.7. The second kappa shape index (κ2) is 12.2. The Labute approximate surface area is 244 Å². The second-order valence-corrected chi connectivity index (χ2v) is 10.6. The highest BCUT2D eigenvalue weighted by molar-refractivity contribution is 6.46. The maximum Gasteiger partial charge on any atom is 0.295 e. The van der Waals surface area contributed by atoms with Gasteiger partial charge in [-0.2, -0.15) is 0 Å². The molecular weight excluding hydrogens is 532 g/mol. The van der Waals surface area contributed by atoms with Crippen LogP contribution in [-0.2, 0) is 20.9 Å². The summed E-state index contributed by atoms with van der Waals surface area (Å²) in [4.78, 5) is 35.5. The molecule has 2 saturated heterocycles. The number of rotatable bonds is 9. The Morgan fingerprint density at radius 3 is 2.48 bits per heavy atom. The number of morpholine rings is 1. The van der Waals surface area contributed by atoms with E-state index >= 15 is 0 Å². The fourth-order valence-electron chi connectivity index (χ4n) is 5.76. The van der Waals surface area contributed by atoms with Gasteiger partial charge in [0.15, 0.2) is 5.76 Å². The Morgan fingerprint density at radius 2 is 1.71 bits per heavy atom. The van der Waals surface area contributed by atoms with E-state index in [4.69, 9.17) is 9.47 Å². The standard InChI is InChI=1S/C33H34N4O5/c1-23-29(36-16-6-5-10-27(36)34-23)31(38)28-30(25-11-13-26(14-12-25)42-22-24-8-3-2-4-9-24)37(33(40)32(28)39)17-7-15-35-18-20-41-21-19-35/h2-6,8-14,16,30,38H,7,15,17-22H2,1H3. The van der Waals surface area contributed by atoms with Gasteiger partial charge < -0.3 is 19.5 Å². The van der Waals surface area contributed by atoms with E-state index < -0.39 is 17.7 Å². The monoisotopic (exact) mass is 566 g/mol. The zero-order chi connectivity index (χ0) is 29.1. The summed E-state index contributed by atoms with van der Waals surface area (Å²) in [5.74, 6) is -0.864. The van der Waals surface area contributed by atoms with Crippen LogP contribution < -0.4 is 4.74 Å². The molecule has 9 heteroatoms. The highest BCUT2D eigenvalue weighted by atomic mass is 16.5. The van der Waals surface area contributed by atoms with E-state index in [1.54, 1.807) is 22.4 Å². The molecule has 2 aliphatic heterocycles. The zero-order valence-electron chi connectivity index (χ0n) is 23.6. The minimum Gasteiger partial charge on any atom is -0.505 e. The van der Waals surface area contributed by atoms with Crippen LogP contribution in [0.25, 0.3) is 11.4 Å². The number of carbonyl (C=O) groups excluding carboxylic acids is 2. The average Bonchev–Trinajstić information content (AvgIpc) is 3.49. The van der Waals surface area contributed by atoms with Gasteiger partial charge >= 0.3 is 0 Å². The number of pyridine rings is 1. The van der Waals surface area contributed by atoms with Gasteiger partial charge in [-0.1, -0.05) is 48.5 Å². The summed E-state index contributed by atoms with van der Waals surface area (Å²) < 4.78 is 13.2. The Hall–Kier alpha value is -4.47. The zero-order valence-corrected chi connectivity index (χ0v) is 23.6. The van der Waals surface area contributed by atoms with Gasteiger partial charge in [0.2, 0.25) is 0 Å². The van der Waals surface area contributed by atoms with Crippen molar-refractivity contribution in [1.82, 2.24) is 19.2 Å². The number of Topliss-reactive ketones (excluding diaryl/α,β-unsaturated/α-hetero) is 1. The lowest BCUT2D eigenvalue weighted by Crippen LogP contribution is -2.38. The van der Waals surface area contributed by atoms with Gasteiger partial charge in [-0.15, -0.1) is 0 Å². The van der Waals surface area contributed by atoms with Crippen LogP contribution in [0.3, 0.4) is 0 Å². The number of amides is 1. The van der Waals surface area contributed by atoms with Gasteiger partial charge in [0.1, 0.15) is 23.7 Å². The lowest BCUT2D eigenvalue weighted by molar-refractivity contribution is -0.140. The first-order valence-electron chi connectivity index (χ1n) is 14.3. The highest BCUT2D eigenvalue weighted by Gasteiger charge is 2.46. The van der Waals surface area contributed by atoms with Crippen LogP contribution >= 0.6 is 0 Å². The Kier molecular flexibility index (Phi) is 8.03. The normalized spacial score (nSPS) is 19.1. The first-order valence-corrected chi connectivity index (χ1v) is 14.3. The molecule has 1 unspecified atom stereocenters. The van der Waals surface area contributed by atoms with Crippen LogP contribution in [0.5, 0.6) is 5.75 Å². The van der Waals surface area contributed by atoms with Crippen LogP contribution in [-0.4, -0.2) is 75.4 Å². The molecule has 2 aromatic carbocycles. The molecule has 216 valence electrons. The fraction of sp³-hybridized carbons (Fsp3) is 0.303. The van der Waals surface area contributed by atoms with Crippen LogP contribution in [0.1, 0.15) is 35.0 Å². The smallest absolute Gasteiger partial charge is 0.295 e. The van der Waals surface area contributed by atoms with Crippen LogP contribution in [0.4, 0.5) is 0 Å². The third-order valence-electron chi connectivity index (χ3n) is 7.89. The van der Waals surface area contributed by atoms with Crippen molar-refractivity contribution in [2.24, 2.45) is 0 Å². The molecule has 0 radical (unpaired) electrons. The minimum absolute atomic E-state index is 0.0677. The molecule has 4 heterocycles. The molecule has 2 fully saturated rings. The first-order chi connectivity index (χ1) is 20.5. The summed E-state index contributed by atoms with van der Waals surface area (Å²) in [6.45, 7) is 6.46. The quantitative estimate of drug-likeness (QED) is 0.183. The number of carbonyl (C=O) groups is 2. The highest BCUT2D eigenvalue weighted by Crippen LogP contribution is 2.40. The molecule has 0 bridgehead atoms. The number of ketones is 1. The Morgan fingerprint density at radius 1 is 0.976 bits per heavy atom. The third kappa shape index (κ3) is 5.53. The summed E-state index contributed by atoms with van der Waals surface area (Å²) in [7, 11) is 0. The number of likely N-dealkylation sites (tertiary alicyclic amines) is 1. The SMILES string of the molecule is Cc1nc2ccccn2c1C(O)=C1C(=O)C(=O)N(CCCN2CCOCC2)C1c1ccc(OCc2ccccc2)cc1. The minimum atomic E-state index is -0.744. The van der Waals surface area contributed by atoms with Crippen molar-refractivity contribution >= 4 is 23.1 Å². The number of aliphatic hydroxyl groups is 1. The number of ether oxygens (including phenoxy) is 2. The maximum absolute atomic E-state index is 13.6. The van der Waals surface area contributed by atoms with Crippen molar-refractivity contribution in [3.05, 3.63) is 107 Å². The van der Waals surface area contributed by atoms with Crippen molar-refractivity contribution in [3.8, 4) is 5.75 Å². The van der Waals surface area contributed by atoms with Gasteiger partial charge in [0.25, 0.3) is 11.7 Å². The molecule has 2 aromatic heterocycles. The molecular formula is C33H34N4O5. The lowest BCUT2D eigenvalue weighted by Gasteiger charge is -2.29. The summed E-state index contributed by atoms with van der Waals surface area (Å²) in [5.41, 5.74) is 3.47. The molecule has 0 saturated carbocycles. The van der Waals surface area contributed by atoms with Crippen molar-refractivity contribution < 1.29 is 24.2 Å². The van der Waals surface area contributed by atoms with Crippen molar-refractivity contribution in [2.45, 2.75) is 26.0 Å². The van der Waals surface area contributed by atoms with Gasteiger partial charge in [-0.3, -0.25) is 18.9 Å². The maximum atomic E-state index is 13.6. The van der Waals surface area contributed by atoms with Crippen LogP contribution in [0.15, 0.2) is 84.6 Å². The molecule has 2 aliphatic rings. The Bertz CT molecular complexity index is 1610. The number of hydrogen-bond acceptors (Lipinski definition) is 7. The summed E-state index contributed by atoms with van der Waals surface area (Å²) in [6.07, 6.45) is 2.48. The van der Waals surface area contributed by atoms with E-state index in [-0.39, 0.29) is 11.3 Å². The van der Waals surface area contributed by atoms with Crippen molar-refractivity contribution in [2.75, 3.05) is 39.4 Å². The summed E-state index contributed by atoms with van der Waals surface area (Å²) >= 11 is 0. The predicted molar refractivity (Wildman–Crippen MR) is 158 cm³/mol. The molecule has 1 atom stereocenters.